The molecule has 344 valence electrons. The molecule has 0 aromatic heterocycles. The van der Waals surface area contributed by atoms with E-state index >= 15 is 0 Å². The molecule has 1 atom stereocenters. The van der Waals surface area contributed by atoms with Crippen molar-refractivity contribution in [1.82, 2.24) is 0 Å². The summed E-state index contributed by atoms with van der Waals surface area (Å²) in [5, 5.41) is 0. The fourth-order valence-electron chi connectivity index (χ4n) is 5.64. The molecule has 0 saturated heterocycles. The molecule has 0 amide bonds. The maximum Gasteiger partial charge on any atom is 0.309 e. The van der Waals surface area contributed by atoms with E-state index in [1.807, 2.05) is 18.2 Å². The summed E-state index contributed by atoms with van der Waals surface area (Å²) in [6, 6.07) is 0. The average molecular weight is 851 g/mol. The van der Waals surface area contributed by atoms with Gasteiger partial charge >= 0.3 is 11.9 Å². The Labute approximate surface area is 380 Å². The average Bonchev–Trinajstić information content (AvgIpc) is 3.27. The van der Waals surface area contributed by atoms with E-state index in [4.69, 9.17) is 14.2 Å². The van der Waals surface area contributed by atoms with E-state index in [1.165, 1.54) is 19.3 Å². The number of esters is 2. The van der Waals surface area contributed by atoms with Gasteiger partial charge in [-0.25, -0.2) is 0 Å². The lowest BCUT2D eigenvalue weighted by molar-refractivity contribution is -0.162. The molecule has 0 aliphatic carbocycles. The van der Waals surface area contributed by atoms with Crippen molar-refractivity contribution in [2.24, 2.45) is 0 Å². The highest BCUT2D eigenvalue weighted by atomic mass is 16.6. The van der Waals surface area contributed by atoms with Crippen LogP contribution >= 0.6 is 0 Å². The normalized spacial score (nSPS) is 13.7. The monoisotopic (exact) mass is 851 g/mol. The number of allylic oxidation sites excluding steroid dienone is 25. The SMILES string of the molecule is CC/C=C\C/C=C\C/C=C\C/C=C\C/C=C\CC(=O)OCC(COCCCCCCC/C=C\C/C=C\C/C=C\C/C=C\CC)OC(=O)CC/C=C\C/C=C\C/C=C\C/C=C\CC. The second kappa shape index (κ2) is 50.9. The lowest BCUT2D eigenvalue weighted by Gasteiger charge is -2.18. The first-order chi connectivity index (χ1) is 30.6. The van der Waals surface area contributed by atoms with Crippen molar-refractivity contribution in [2.75, 3.05) is 19.8 Å². The molecule has 0 aliphatic rings. The van der Waals surface area contributed by atoms with Crippen molar-refractivity contribution in [3.63, 3.8) is 0 Å². The standard InChI is InChI=1S/C57H86O5/c1-4-7-10-13-16-19-22-25-27-28-29-31-34-37-40-43-46-49-52-60-53-55(62-57(59)51-48-45-42-39-36-32-24-21-18-15-12-9-6-3)54-61-56(58)50-47-44-41-38-35-33-30-26-23-20-17-14-11-8-5-2/h7-12,16-21,25-27,29-32,35-36,38,42,44-45,47,55H,4-6,13-15,22-24,28,33-34,37,39-41,43,46,48-54H2,1-3H3/b10-7-,11-8-,12-9-,19-16-,20-17-,21-18-,27-25-,30-26-,31-29-,36-32-,38-35-,45-42-,47-44-. The van der Waals surface area contributed by atoms with Crippen LogP contribution in [0.3, 0.4) is 0 Å². The predicted octanol–water partition coefficient (Wildman–Crippen LogP) is 16.3. The Bertz CT molecular complexity index is 1420. The van der Waals surface area contributed by atoms with E-state index in [9.17, 15) is 9.59 Å². The van der Waals surface area contributed by atoms with Gasteiger partial charge in [0.05, 0.1) is 13.0 Å². The lowest BCUT2D eigenvalue weighted by atomic mass is 10.1. The Morgan fingerprint density at radius 3 is 1.16 bits per heavy atom. The first kappa shape index (κ1) is 57.5. The number of unbranched alkanes of at least 4 members (excludes halogenated alkanes) is 5. The van der Waals surface area contributed by atoms with Crippen molar-refractivity contribution >= 4 is 11.9 Å². The minimum absolute atomic E-state index is 0.0173. The molecule has 0 rings (SSSR count). The van der Waals surface area contributed by atoms with Gasteiger partial charge in [-0.15, -0.1) is 0 Å². The van der Waals surface area contributed by atoms with Crippen LogP contribution in [0.2, 0.25) is 0 Å². The fourth-order valence-corrected chi connectivity index (χ4v) is 5.64. The lowest BCUT2D eigenvalue weighted by Crippen LogP contribution is -2.30. The summed E-state index contributed by atoms with van der Waals surface area (Å²) in [5.41, 5.74) is 0. The van der Waals surface area contributed by atoms with Gasteiger partial charge in [0.25, 0.3) is 0 Å². The molecule has 0 N–H and O–H groups in total. The highest BCUT2D eigenvalue weighted by molar-refractivity contribution is 5.71. The van der Waals surface area contributed by atoms with Crippen molar-refractivity contribution in [3.8, 4) is 0 Å². The van der Waals surface area contributed by atoms with E-state index in [2.05, 4.69) is 161 Å². The zero-order valence-electron chi connectivity index (χ0n) is 39.3. The van der Waals surface area contributed by atoms with Crippen LogP contribution in [0, 0.1) is 0 Å². The van der Waals surface area contributed by atoms with Crippen LogP contribution in [0.15, 0.2) is 158 Å². The van der Waals surface area contributed by atoms with Crippen LogP contribution in [-0.4, -0.2) is 37.9 Å². The molecule has 5 heteroatoms. The minimum Gasteiger partial charge on any atom is -0.461 e. The topological polar surface area (TPSA) is 61.8 Å². The molecule has 0 spiro atoms. The zero-order chi connectivity index (χ0) is 44.9. The zero-order valence-corrected chi connectivity index (χ0v) is 39.3. The number of hydrogen-bond donors (Lipinski definition) is 0. The maximum absolute atomic E-state index is 12.7. The second-order valence-corrected chi connectivity index (χ2v) is 14.9. The fraction of sp³-hybridized carbons (Fsp3) is 0.509. The second-order valence-electron chi connectivity index (χ2n) is 14.9. The van der Waals surface area contributed by atoms with Crippen LogP contribution < -0.4 is 0 Å². The van der Waals surface area contributed by atoms with E-state index < -0.39 is 6.10 Å². The van der Waals surface area contributed by atoms with Crippen molar-refractivity contribution in [2.45, 2.75) is 168 Å². The molecule has 0 fully saturated rings. The molecule has 5 nitrogen and oxygen atoms in total. The third-order valence-corrected chi connectivity index (χ3v) is 9.09. The highest BCUT2D eigenvalue weighted by Crippen LogP contribution is 2.09. The summed E-state index contributed by atoms with van der Waals surface area (Å²) in [6.07, 6.45) is 75.7. The van der Waals surface area contributed by atoms with E-state index in [-0.39, 0.29) is 38.0 Å². The highest BCUT2D eigenvalue weighted by Gasteiger charge is 2.17. The van der Waals surface area contributed by atoms with Crippen LogP contribution in [0.1, 0.15) is 162 Å². The van der Waals surface area contributed by atoms with Crippen LogP contribution in [0.5, 0.6) is 0 Å². The summed E-state index contributed by atoms with van der Waals surface area (Å²) in [6.45, 7) is 7.21. The Hall–Kier alpha value is -4.48. The van der Waals surface area contributed by atoms with Crippen LogP contribution in [0.4, 0.5) is 0 Å². The van der Waals surface area contributed by atoms with Crippen LogP contribution in [-0.2, 0) is 23.8 Å². The van der Waals surface area contributed by atoms with Crippen molar-refractivity contribution in [3.05, 3.63) is 158 Å². The predicted molar refractivity (Wildman–Crippen MR) is 269 cm³/mol. The first-order valence-corrected chi connectivity index (χ1v) is 24.0. The number of rotatable bonds is 41. The van der Waals surface area contributed by atoms with Gasteiger partial charge < -0.3 is 14.2 Å². The molecule has 0 radical (unpaired) electrons. The van der Waals surface area contributed by atoms with Crippen molar-refractivity contribution < 1.29 is 23.8 Å². The number of hydrogen-bond acceptors (Lipinski definition) is 5. The molecule has 0 aliphatic heterocycles. The van der Waals surface area contributed by atoms with Gasteiger partial charge in [0, 0.05) is 13.0 Å². The third-order valence-electron chi connectivity index (χ3n) is 9.09. The Morgan fingerprint density at radius 2 is 0.726 bits per heavy atom. The van der Waals surface area contributed by atoms with Gasteiger partial charge in [-0.1, -0.05) is 198 Å². The largest absolute Gasteiger partial charge is 0.461 e. The molecule has 0 aromatic rings. The summed E-state index contributed by atoms with van der Waals surface area (Å²) < 4.78 is 17.2. The van der Waals surface area contributed by atoms with Crippen LogP contribution in [0.25, 0.3) is 0 Å². The molecule has 0 aromatic carbocycles. The van der Waals surface area contributed by atoms with E-state index in [0.29, 0.717) is 13.0 Å². The third kappa shape index (κ3) is 48.2. The van der Waals surface area contributed by atoms with Gasteiger partial charge in [0.15, 0.2) is 6.10 Å². The summed E-state index contributed by atoms with van der Waals surface area (Å²) in [5.74, 6) is -0.666. The molecule has 0 heterocycles. The summed E-state index contributed by atoms with van der Waals surface area (Å²) >= 11 is 0. The smallest absolute Gasteiger partial charge is 0.309 e. The molecular formula is C57H86O5. The number of ether oxygens (including phenoxy) is 3. The van der Waals surface area contributed by atoms with Crippen molar-refractivity contribution in [1.29, 1.82) is 0 Å². The number of carbonyl (C=O) groups is 2. The molecule has 62 heavy (non-hydrogen) atoms. The molecule has 0 saturated carbocycles. The van der Waals surface area contributed by atoms with Gasteiger partial charge in [-0.2, -0.15) is 0 Å². The molecular weight excluding hydrogens is 765 g/mol. The summed E-state index contributed by atoms with van der Waals surface area (Å²) in [7, 11) is 0. The maximum atomic E-state index is 12.7. The van der Waals surface area contributed by atoms with Gasteiger partial charge in [-0.3, -0.25) is 9.59 Å². The first-order valence-electron chi connectivity index (χ1n) is 24.0. The molecule has 0 bridgehead atoms. The van der Waals surface area contributed by atoms with E-state index in [1.54, 1.807) is 0 Å². The minimum atomic E-state index is -0.636. The Morgan fingerprint density at radius 1 is 0.371 bits per heavy atom. The Balaban J connectivity index is 4.55. The quantitative estimate of drug-likeness (QED) is 0.0348. The van der Waals surface area contributed by atoms with Gasteiger partial charge in [-0.05, 0) is 109 Å². The van der Waals surface area contributed by atoms with E-state index in [0.717, 1.165) is 103 Å². The van der Waals surface area contributed by atoms with Gasteiger partial charge in [0.1, 0.15) is 6.61 Å². The number of carbonyl (C=O) groups excluding carboxylic acids is 2. The Kier molecular flexibility index (Phi) is 47.2. The summed E-state index contributed by atoms with van der Waals surface area (Å²) in [4.78, 5) is 25.2. The molecule has 1 unspecified atom stereocenters. The van der Waals surface area contributed by atoms with Gasteiger partial charge in [0.2, 0.25) is 0 Å².